The minimum Gasteiger partial charge on any atom is -0.450 e. The van der Waals surface area contributed by atoms with Gasteiger partial charge in [0, 0.05) is 6.54 Å². The van der Waals surface area contributed by atoms with Crippen molar-refractivity contribution < 1.29 is 9.53 Å². The fraction of sp³-hybridized carbons (Fsp3) is 0.875. The van der Waals surface area contributed by atoms with E-state index in [9.17, 15) is 4.79 Å². The molecule has 0 fully saturated rings. The van der Waals surface area contributed by atoms with Gasteiger partial charge in [-0.15, -0.1) is 0 Å². The van der Waals surface area contributed by atoms with Gasteiger partial charge in [-0.25, -0.2) is 4.79 Å². The molecule has 1 amide bonds. The molecule has 12 heavy (non-hydrogen) atoms. The van der Waals surface area contributed by atoms with Crippen LogP contribution >= 0.6 is 0 Å². The number of hydrogen-bond acceptors (Lipinski definition) is 3. The molecule has 72 valence electrons. The molecule has 0 spiro atoms. The van der Waals surface area contributed by atoms with E-state index in [4.69, 9.17) is 0 Å². The fourth-order valence-electron chi connectivity index (χ4n) is 0.799. The predicted molar refractivity (Wildman–Crippen MR) is 48.2 cm³/mol. The summed E-state index contributed by atoms with van der Waals surface area (Å²) in [6, 6.07) is 0. The number of ether oxygens (including phenoxy) is 1. The van der Waals surface area contributed by atoms with Crippen molar-refractivity contribution in [1.82, 2.24) is 10.6 Å². The molecule has 4 heteroatoms. The van der Waals surface area contributed by atoms with Gasteiger partial charge in [-0.1, -0.05) is 0 Å². The molecule has 0 aliphatic rings. The van der Waals surface area contributed by atoms with Crippen LogP contribution in [0.3, 0.4) is 0 Å². The molecule has 0 aromatic heterocycles. The summed E-state index contributed by atoms with van der Waals surface area (Å²) >= 11 is 0. The lowest BCUT2D eigenvalue weighted by molar-refractivity contribution is 0.152. The Bertz CT molecular complexity index is 118. The van der Waals surface area contributed by atoms with Gasteiger partial charge in [0.25, 0.3) is 0 Å². The van der Waals surface area contributed by atoms with Crippen molar-refractivity contribution in [2.45, 2.75) is 19.8 Å². The van der Waals surface area contributed by atoms with E-state index in [2.05, 4.69) is 15.4 Å². The van der Waals surface area contributed by atoms with Crippen LogP contribution in [-0.2, 0) is 4.74 Å². The first-order valence-electron chi connectivity index (χ1n) is 4.36. The molecule has 0 atom stereocenters. The summed E-state index contributed by atoms with van der Waals surface area (Å²) in [5.41, 5.74) is 0. The molecule has 0 radical (unpaired) electrons. The zero-order valence-electron chi connectivity index (χ0n) is 7.85. The highest BCUT2D eigenvalue weighted by molar-refractivity contribution is 5.66. The lowest BCUT2D eigenvalue weighted by atomic mass is 10.3. The van der Waals surface area contributed by atoms with Gasteiger partial charge in [-0.2, -0.15) is 0 Å². The summed E-state index contributed by atoms with van der Waals surface area (Å²) in [4.78, 5) is 10.7. The third-order valence-corrected chi connectivity index (χ3v) is 1.40. The predicted octanol–water partition coefficient (Wildman–Crippen LogP) is 0.732. The summed E-state index contributed by atoms with van der Waals surface area (Å²) in [5, 5.41) is 5.69. The van der Waals surface area contributed by atoms with Gasteiger partial charge in [0.2, 0.25) is 0 Å². The average Bonchev–Trinajstić information content (AvgIpc) is 2.05. The van der Waals surface area contributed by atoms with Crippen LogP contribution in [0.25, 0.3) is 0 Å². The third kappa shape index (κ3) is 7.34. The van der Waals surface area contributed by atoms with Crippen LogP contribution in [-0.4, -0.2) is 32.8 Å². The van der Waals surface area contributed by atoms with E-state index in [1.807, 2.05) is 7.05 Å². The SMILES string of the molecule is CCOC(=O)NCCCCNC. The molecule has 2 N–H and O–H groups in total. The number of carbonyl (C=O) groups excluding carboxylic acids is 1. The first-order chi connectivity index (χ1) is 5.81. The van der Waals surface area contributed by atoms with E-state index in [0.29, 0.717) is 13.2 Å². The maximum Gasteiger partial charge on any atom is 0.407 e. The molecule has 0 aliphatic heterocycles. The van der Waals surface area contributed by atoms with E-state index in [1.165, 1.54) is 0 Å². The summed E-state index contributed by atoms with van der Waals surface area (Å²) < 4.78 is 4.68. The second-order valence-corrected chi connectivity index (χ2v) is 2.46. The summed E-state index contributed by atoms with van der Waals surface area (Å²) in [7, 11) is 1.92. The van der Waals surface area contributed by atoms with Crippen molar-refractivity contribution >= 4 is 6.09 Å². The summed E-state index contributed by atoms with van der Waals surface area (Å²) in [5.74, 6) is 0. The molecular formula is C8H18N2O2. The highest BCUT2D eigenvalue weighted by Gasteiger charge is 1.96. The van der Waals surface area contributed by atoms with E-state index >= 15 is 0 Å². The molecule has 0 aliphatic carbocycles. The maximum atomic E-state index is 10.7. The van der Waals surface area contributed by atoms with Crippen LogP contribution in [0.5, 0.6) is 0 Å². The molecule has 0 aromatic carbocycles. The zero-order chi connectivity index (χ0) is 9.23. The van der Waals surface area contributed by atoms with E-state index in [-0.39, 0.29) is 6.09 Å². The number of carbonyl (C=O) groups is 1. The molecule has 4 nitrogen and oxygen atoms in total. The molecule has 0 heterocycles. The minimum atomic E-state index is -0.318. The van der Waals surface area contributed by atoms with Crippen LogP contribution in [0.1, 0.15) is 19.8 Å². The van der Waals surface area contributed by atoms with Gasteiger partial charge in [0.1, 0.15) is 0 Å². The average molecular weight is 174 g/mol. The van der Waals surface area contributed by atoms with E-state index in [0.717, 1.165) is 19.4 Å². The number of alkyl carbamates (subject to hydrolysis) is 1. The number of unbranched alkanes of at least 4 members (excludes halogenated alkanes) is 1. The Morgan fingerprint density at radius 1 is 1.33 bits per heavy atom. The minimum absolute atomic E-state index is 0.318. The summed E-state index contributed by atoms with van der Waals surface area (Å²) in [6.07, 6.45) is 1.74. The van der Waals surface area contributed by atoms with Crippen molar-refractivity contribution in [2.24, 2.45) is 0 Å². The lowest BCUT2D eigenvalue weighted by Crippen LogP contribution is -2.25. The fourth-order valence-corrected chi connectivity index (χ4v) is 0.799. The number of nitrogens with one attached hydrogen (secondary N) is 2. The van der Waals surface area contributed by atoms with Gasteiger partial charge in [0.15, 0.2) is 0 Å². The number of hydrogen-bond donors (Lipinski definition) is 2. The van der Waals surface area contributed by atoms with Gasteiger partial charge in [-0.05, 0) is 33.4 Å². The standard InChI is InChI=1S/C8H18N2O2/c1-3-12-8(11)10-7-5-4-6-9-2/h9H,3-7H2,1-2H3,(H,10,11). The second kappa shape index (κ2) is 8.33. The van der Waals surface area contributed by atoms with Crippen LogP contribution in [0.2, 0.25) is 0 Å². The zero-order valence-corrected chi connectivity index (χ0v) is 7.85. The first kappa shape index (κ1) is 11.2. The van der Waals surface area contributed by atoms with Crippen LogP contribution in [0.4, 0.5) is 4.79 Å². The molecule has 0 rings (SSSR count). The normalized spacial score (nSPS) is 9.50. The number of amides is 1. The van der Waals surface area contributed by atoms with E-state index in [1.54, 1.807) is 6.92 Å². The Labute approximate surface area is 73.7 Å². The van der Waals surface area contributed by atoms with Crippen LogP contribution in [0, 0.1) is 0 Å². The smallest absolute Gasteiger partial charge is 0.407 e. The molecular weight excluding hydrogens is 156 g/mol. The van der Waals surface area contributed by atoms with Gasteiger partial charge >= 0.3 is 6.09 Å². The van der Waals surface area contributed by atoms with Gasteiger partial charge in [0.05, 0.1) is 6.61 Å². The van der Waals surface area contributed by atoms with Gasteiger partial charge in [-0.3, -0.25) is 0 Å². The largest absolute Gasteiger partial charge is 0.450 e. The Morgan fingerprint density at radius 3 is 2.58 bits per heavy atom. The van der Waals surface area contributed by atoms with Crippen LogP contribution < -0.4 is 10.6 Å². The monoisotopic (exact) mass is 174 g/mol. The first-order valence-corrected chi connectivity index (χ1v) is 4.36. The van der Waals surface area contributed by atoms with Crippen molar-refractivity contribution in [3.8, 4) is 0 Å². The summed E-state index contributed by atoms with van der Waals surface area (Å²) in [6.45, 7) is 3.91. The Hall–Kier alpha value is -0.770. The van der Waals surface area contributed by atoms with Crippen LogP contribution in [0.15, 0.2) is 0 Å². The van der Waals surface area contributed by atoms with E-state index < -0.39 is 0 Å². The molecule has 0 unspecified atom stereocenters. The molecule has 0 saturated carbocycles. The number of rotatable bonds is 6. The highest BCUT2D eigenvalue weighted by atomic mass is 16.5. The Balaban J connectivity index is 3.03. The van der Waals surface area contributed by atoms with Crippen molar-refractivity contribution in [2.75, 3.05) is 26.7 Å². The van der Waals surface area contributed by atoms with Crippen molar-refractivity contribution in [1.29, 1.82) is 0 Å². The second-order valence-electron chi connectivity index (χ2n) is 2.46. The van der Waals surface area contributed by atoms with Crippen molar-refractivity contribution in [3.05, 3.63) is 0 Å². The quantitative estimate of drug-likeness (QED) is 0.584. The molecule has 0 saturated heterocycles. The lowest BCUT2D eigenvalue weighted by Gasteiger charge is -2.04. The van der Waals surface area contributed by atoms with Crippen molar-refractivity contribution in [3.63, 3.8) is 0 Å². The molecule has 0 bridgehead atoms. The van der Waals surface area contributed by atoms with Gasteiger partial charge < -0.3 is 15.4 Å². The third-order valence-electron chi connectivity index (χ3n) is 1.40. The highest BCUT2D eigenvalue weighted by Crippen LogP contribution is 1.84. The maximum absolute atomic E-state index is 10.7. The topological polar surface area (TPSA) is 50.4 Å². The Kier molecular flexibility index (Phi) is 7.79. The Morgan fingerprint density at radius 2 is 2.00 bits per heavy atom. The molecule has 0 aromatic rings.